The number of carbonyl (C=O) groups is 1. The van der Waals surface area contributed by atoms with E-state index in [9.17, 15) is 4.79 Å². The zero-order valence-electron chi connectivity index (χ0n) is 10.6. The smallest absolute Gasteiger partial charge is 0.317 e. The number of nitrogens with zero attached hydrogens (tertiary/aromatic N) is 1. The van der Waals surface area contributed by atoms with Gasteiger partial charge in [0.25, 0.3) is 0 Å². The molecule has 2 N–H and O–H groups in total. The minimum atomic E-state index is -0.180. The van der Waals surface area contributed by atoms with Gasteiger partial charge in [0.15, 0.2) is 0 Å². The van der Waals surface area contributed by atoms with Crippen LogP contribution in [0.15, 0.2) is 0 Å². The Morgan fingerprint density at radius 2 is 2.19 bits per heavy atom. The van der Waals surface area contributed by atoms with Crippen molar-refractivity contribution in [2.75, 3.05) is 19.7 Å². The zero-order valence-corrected chi connectivity index (χ0v) is 10.6. The van der Waals surface area contributed by atoms with Crippen molar-refractivity contribution in [3.63, 3.8) is 0 Å². The molecule has 16 heavy (non-hydrogen) atoms. The molecular formula is C12H24N2O2. The predicted octanol–water partition coefficient (Wildman–Crippen LogP) is 1.59. The van der Waals surface area contributed by atoms with Gasteiger partial charge in [-0.15, -0.1) is 0 Å². The summed E-state index contributed by atoms with van der Waals surface area (Å²) >= 11 is 0. The molecule has 1 atom stereocenters. The molecular weight excluding hydrogens is 204 g/mol. The first-order valence-corrected chi connectivity index (χ1v) is 6.10. The average molecular weight is 228 g/mol. The summed E-state index contributed by atoms with van der Waals surface area (Å²) in [5.74, 6) is 0.462. The van der Waals surface area contributed by atoms with Crippen molar-refractivity contribution in [3.8, 4) is 0 Å². The van der Waals surface area contributed by atoms with Gasteiger partial charge in [0.2, 0.25) is 0 Å². The van der Waals surface area contributed by atoms with E-state index in [0.29, 0.717) is 5.92 Å². The number of hydrogen-bond donors (Lipinski definition) is 2. The van der Waals surface area contributed by atoms with Crippen molar-refractivity contribution in [1.29, 1.82) is 0 Å². The van der Waals surface area contributed by atoms with E-state index in [-0.39, 0.29) is 18.2 Å². The number of nitrogens with one attached hydrogen (secondary N) is 1. The Balaban J connectivity index is 2.44. The van der Waals surface area contributed by atoms with E-state index in [2.05, 4.69) is 5.32 Å². The van der Waals surface area contributed by atoms with Crippen molar-refractivity contribution in [3.05, 3.63) is 0 Å². The van der Waals surface area contributed by atoms with Crippen LogP contribution < -0.4 is 5.32 Å². The Morgan fingerprint density at radius 1 is 1.50 bits per heavy atom. The van der Waals surface area contributed by atoms with Gasteiger partial charge in [0.05, 0.1) is 0 Å². The first kappa shape index (κ1) is 13.3. The standard InChI is InChI=1S/C12H24N2O2/c1-12(2,3)13-11(16)14-7-4-5-10(9-14)6-8-15/h10,15H,4-9H2,1-3H3,(H,13,16). The SMILES string of the molecule is CC(C)(C)NC(=O)N1CCCC(CCO)C1. The summed E-state index contributed by atoms with van der Waals surface area (Å²) in [6.45, 7) is 7.80. The van der Waals surface area contributed by atoms with Crippen LogP contribution in [0.2, 0.25) is 0 Å². The summed E-state index contributed by atoms with van der Waals surface area (Å²) in [6.07, 6.45) is 2.97. The van der Waals surface area contributed by atoms with Crippen LogP contribution in [0.3, 0.4) is 0 Å². The Morgan fingerprint density at radius 3 is 2.75 bits per heavy atom. The van der Waals surface area contributed by atoms with Gasteiger partial charge in [-0.25, -0.2) is 4.79 Å². The fourth-order valence-corrected chi connectivity index (χ4v) is 2.07. The molecule has 1 rings (SSSR count). The zero-order chi connectivity index (χ0) is 12.2. The van der Waals surface area contributed by atoms with Gasteiger partial charge in [-0.3, -0.25) is 0 Å². The van der Waals surface area contributed by atoms with Gasteiger partial charge in [-0.2, -0.15) is 0 Å². The van der Waals surface area contributed by atoms with E-state index < -0.39 is 0 Å². The maximum absolute atomic E-state index is 11.9. The van der Waals surface area contributed by atoms with Crippen molar-refractivity contribution >= 4 is 6.03 Å². The minimum absolute atomic E-state index is 0.0233. The van der Waals surface area contributed by atoms with Gasteiger partial charge in [-0.1, -0.05) is 0 Å². The molecule has 0 saturated carbocycles. The maximum atomic E-state index is 11.9. The fourth-order valence-electron chi connectivity index (χ4n) is 2.07. The fraction of sp³-hybridized carbons (Fsp3) is 0.917. The highest BCUT2D eigenvalue weighted by atomic mass is 16.3. The van der Waals surface area contributed by atoms with Gasteiger partial charge in [0, 0.05) is 25.2 Å². The topological polar surface area (TPSA) is 52.6 Å². The molecule has 1 aliphatic rings. The van der Waals surface area contributed by atoms with Crippen LogP contribution in [-0.4, -0.2) is 41.3 Å². The third kappa shape index (κ3) is 4.39. The highest BCUT2D eigenvalue weighted by molar-refractivity contribution is 5.75. The highest BCUT2D eigenvalue weighted by Gasteiger charge is 2.25. The van der Waals surface area contributed by atoms with Gasteiger partial charge in [-0.05, 0) is 46.0 Å². The van der Waals surface area contributed by atoms with Crippen LogP contribution in [0.5, 0.6) is 0 Å². The first-order chi connectivity index (χ1) is 7.42. The molecule has 94 valence electrons. The predicted molar refractivity (Wildman–Crippen MR) is 64.3 cm³/mol. The number of amides is 2. The van der Waals surface area contributed by atoms with Crippen LogP contribution in [0, 0.1) is 5.92 Å². The van der Waals surface area contributed by atoms with E-state index in [1.807, 2.05) is 25.7 Å². The number of likely N-dealkylation sites (tertiary alicyclic amines) is 1. The molecule has 0 bridgehead atoms. The summed E-state index contributed by atoms with van der Waals surface area (Å²) in [4.78, 5) is 13.8. The van der Waals surface area contributed by atoms with Crippen LogP contribution >= 0.6 is 0 Å². The lowest BCUT2D eigenvalue weighted by molar-refractivity contribution is 0.144. The van der Waals surface area contributed by atoms with Crippen molar-refractivity contribution in [2.24, 2.45) is 5.92 Å². The normalized spacial score (nSPS) is 22.0. The molecule has 0 aromatic rings. The number of urea groups is 1. The molecule has 1 unspecified atom stereocenters. The molecule has 4 nitrogen and oxygen atoms in total. The minimum Gasteiger partial charge on any atom is -0.396 e. The van der Waals surface area contributed by atoms with Crippen molar-refractivity contribution in [1.82, 2.24) is 10.2 Å². The molecule has 4 heteroatoms. The van der Waals surface area contributed by atoms with Crippen LogP contribution in [0.4, 0.5) is 4.79 Å². The third-order valence-corrected chi connectivity index (χ3v) is 2.83. The van der Waals surface area contributed by atoms with Crippen molar-refractivity contribution < 1.29 is 9.90 Å². The largest absolute Gasteiger partial charge is 0.396 e. The average Bonchev–Trinajstić information content (AvgIpc) is 2.16. The molecule has 2 amide bonds. The molecule has 1 fully saturated rings. The molecule has 0 aromatic carbocycles. The first-order valence-electron chi connectivity index (χ1n) is 6.10. The number of carbonyl (C=O) groups excluding carboxylic acids is 1. The number of piperidine rings is 1. The van der Waals surface area contributed by atoms with E-state index in [1.54, 1.807) is 0 Å². The molecule has 0 radical (unpaired) electrons. The summed E-state index contributed by atoms with van der Waals surface area (Å²) in [6, 6.07) is 0.0233. The van der Waals surface area contributed by atoms with E-state index in [0.717, 1.165) is 32.4 Å². The number of aliphatic hydroxyl groups is 1. The molecule has 1 heterocycles. The number of rotatable bonds is 2. The van der Waals surface area contributed by atoms with Gasteiger partial charge < -0.3 is 15.3 Å². The second kappa shape index (κ2) is 5.53. The summed E-state index contributed by atoms with van der Waals surface area (Å²) in [5, 5.41) is 11.9. The summed E-state index contributed by atoms with van der Waals surface area (Å²) in [7, 11) is 0. The Bertz CT molecular complexity index is 234. The summed E-state index contributed by atoms with van der Waals surface area (Å²) in [5.41, 5.74) is -0.180. The molecule has 0 aromatic heterocycles. The van der Waals surface area contributed by atoms with Gasteiger partial charge in [0.1, 0.15) is 0 Å². The third-order valence-electron chi connectivity index (χ3n) is 2.83. The van der Waals surface area contributed by atoms with E-state index in [4.69, 9.17) is 5.11 Å². The number of hydrogen-bond acceptors (Lipinski definition) is 2. The van der Waals surface area contributed by atoms with Crippen LogP contribution in [0.1, 0.15) is 40.0 Å². The van der Waals surface area contributed by atoms with Crippen LogP contribution in [-0.2, 0) is 0 Å². The van der Waals surface area contributed by atoms with E-state index >= 15 is 0 Å². The molecule has 1 aliphatic heterocycles. The Labute approximate surface area is 98.0 Å². The molecule has 0 aliphatic carbocycles. The monoisotopic (exact) mass is 228 g/mol. The number of aliphatic hydroxyl groups excluding tert-OH is 1. The second-order valence-corrected chi connectivity index (χ2v) is 5.65. The highest BCUT2D eigenvalue weighted by Crippen LogP contribution is 2.19. The quantitative estimate of drug-likeness (QED) is 0.754. The van der Waals surface area contributed by atoms with Gasteiger partial charge >= 0.3 is 6.03 Å². The molecule has 0 spiro atoms. The lowest BCUT2D eigenvalue weighted by Gasteiger charge is -2.34. The van der Waals surface area contributed by atoms with Crippen LogP contribution in [0.25, 0.3) is 0 Å². The van der Waals surface area contributed by atoms with Crippen molar-refractivity contribution in [2.45, 2.75) is 45.6 Å². The Kier molecular flexibility index (Phi) is 4.59. The lowest BCUT2D eigenvalue weighted by atomic mass is 9.95. The second-order valence-electron chi connectivity index (χ2n) is 5.65. The summed E-state index contributed by atoms with van der Waals surface area (Å²) < 4.78 is 0. The van der Waals surface area contributed by atoms with E-state index in [1.165, 1.54) is 0 Å². The Hall–Kier alpha value is -0.770. The molecule has 1 saturated heterocycles. The lowest BCUT2D eigenvalue weighted by Crippen LogP contribution is -2.51. The maximum Gasteiger partial charge on any atom is 0.317 e.